The van der Waals surface area contributed by atoms with Crippen LogP contribution in [0, 0.1) is 11.6 Å². The topological polar surface area (TPSA) is 75.9 Å². The second-order valence-electron chi connectivity index (χ2n) is 3.64. The number of nitrogens with one attached hydrogen (secondary N) is 2. The van der Waals surface area contributed by atoms with E-state index in [4.69, 9.17) is 17.4 Å². The average molecular weight is 286 g/mol. The number of nitrogen functional groups attached to an aromatic ring is 1. The van der Waals surface area contributed by atoms with Gasteiger partial charge in [-0.25, -0.2) is 19.6 Å². The molecule has 0 spiro atoms. The highest BCUT2D eigenvalue weighted by Crippen LogP contribution is 2.18. The van der Waals surface area contributed by atoms with E-state index in [1.807, 2.05) is 0 Å². The molecule has 0 saturated carbocycles. The molecule has 1 heterocycles. The van der Waals surface area contributed by atoms with E-state index in [9.17, 15) is 8.78 Å². The highest BCUT2D eigenvalue weighted by atomic mass is 35.5. The van der Waals surface area contributed by atoms with Crippen LogP contribution in [0.3, 0.4) is 0 Å². The predicted octanol–water partition coefficient (Wildman–Crippen LogP) is 2.31. The second-order valence-corrected chi connectivity index (χ2v) is 4.04. The fourth-order valence-electron chi connectivity index (χ4n) is 1.40. The third-order valence-corrected chi connectivity index (χ3v) is 2.61. The van der Waals surface area contributed by atoms with Gasteiger partial charge in [0.15, 0.2) is 11.6 Å². The van der Waals surface area contributed by atoms with Crippen LogP contribution in [0.4, 0.5) is 20.5 Å². The van der Waals surface area contributed by atoms with Crippen LogP contribution in [-0.4, -0.2) is 9.97 Å². The van der Waals surface area contributed by atoms with Crippen LogP contribution in [0.15, 0.2) is 24.4 Å². The van der Waals surface area contributed by atoms with E-state index in [0.29, 0.717) is 5.56 Å². The Labute approximate surface area is 112 Å². The Bertz CT molecular complexity index is 593. The molecule has 0 amide bonds. The molecule has 0 bridgehead atoms. The molecule has 1 aromatic carbocycles. The third kappa shape index (κ3) is 3.27. The molecule has 100 valence electrons. The van der Waals surface area contributed by atoms with Crippen molar-refractivity contribution in [2.24, 2.45) is 5.84 Å². The van der Waals surface area contributed by atoms with Gasteiger partial charge < -0.3 is 5.32 Å². The smallest absolute Gasteiger partial charge is 0.239 e. The van der Waals surface area contributed by atoms with Gasteiger partial charge in [-0.2, -0.15) is 4.98 Å². The lowest BCUT2D eigenvalue weighted by atomic mass is 10.2. The van der Waals surface area contributed by atoms with Crippen LogP contribution in [0.5, 0.6) is 0 Å². The Morgan fingerprint density at radius 2 is 2.05 bits per heavy atom. The van der Waals surface area contributed by atoms with Gasteiger partial charge in [-0.1, -0.05) is 17.7 Å². The maximum atomic E-state index is 13.4. The Morgan fingerprint density at radius 3 is 2.74 bits per heavy atom. The molecular formula is C11H10ClF2N5. The second kappa shape index (κ2) is 5.77. The zero-order valence-corrected chi connectivity index (χ0v) is 10.4. The van der Waals surface area contributed by atoms with E-state index in [1.165, 1.54) is 18.2 Å². The summed E-state index contributed by atoms with van der Waals surface area (Å²) in [5.74, 6) is 4.08. The lowest BCUT2D eigenvalue weighted by molar-refractivity contribution is 0.617. The largest absolute Gasteiger partial charge is 0.363 e. The quantitative estimate of drug-likeness (QED) is 0.594. The fourth-order valence-corrected chi connectivity index (χ4v) is 1.60. The molecule has 2 rings (SSSR count). The van der Waals surface area contributed by atoms with Gasteiger partial charge in [0.25, 0.3) is 0 Å². The fraction of sp³-hybridized carbons (Fsp3) is 0.0909. The van der Waals surface area contributed by atoms with Crippen molar-refractivity contribution in [2.45, 2.75) is 6.54 Å². The molecule has 0 radical (unpaired) electrons. The summed E-state index contributed by atoms with van der Waals surface area (Å²) < 4.78 is 26.4. The minimum Gasteiger partial charge on any atom is -0.363 e. The van der Waals surface area contributed by atoms with Gasteiger partial charge in [0, 0.05) is 6.54 Å². The van der Waals surface area contributed by atoms with Crippen molar-refractivity contribution in [3.05, 3.63) is 46.6 Å². The van der Waals surface area contributed by atoms with E-state index in [0.717, 1.165) is 6.20 Å². The van der Waals surface area contributed by atoms with E-state index in [1.54, 1.807) is 0 Å². The van der Waals surface area contributed by atoms with Crippen molar-refractivity contribution in [3.63, 3.8) is 0 Å². The van der Waals surface area contributed by atoms with Gasteiger partial charge in [-0.3, -0.25) is 5.43 Å². The van der Waals surface area contributed by atoms with E-state index >= 15 is 0 Å². The van der Waals surface area contributed by atoms with Crippen molar-refractivity contribution >= 4 is 23.4 Å². The summed E-state index contributed by atoms with van der Waals surface area (Å²) in [4.78, 5) is 7.41. The molecule has 0 aliphatic carbocycles. The van der Waals surface area contributed by atoms with Crippen LogP contribution in [0.25, 0.3) is 0 Å². The van der Waals surface area contributed by atoms with Crippen molar-refractivity contribution in [1.82, 2.24) is 9.97 Å². The summed E-state index contributed by atoms with van der Waals surface area (Å²) in [7, 11) is 0. The molecule has 0 atom stereocenters. The maximum absolute atomic E-state index is 13.4. The number of benzene rings is 1. The van der Waals surface area contributed by atoms with Crippen LogP contribution in [0.2, 0.25) is 5.02 Å². The number of hydrogen-bond donors (Lipinski definition) is 3. The number of rotatable bonds is 4. The first-order chi connectivity index (χ1) is 9.10. The Kier molecular flexibility index (Phi) is 4.08. The molecule has 2 aromatic rings. The van der Waals surface area contributed by atoms with Gasteiger partial charge in [0.1, 0.15) is 5.82 Å². The van der Waals surface area contributed by atoms with Crippen molar-refractivity contribution < 1.29 is 8.78 Å². The highest BCUT2D eigenvalue weighted by Gasteiger charge is 2.07. The van der Waals surface area contributed by atoms with Gasteiger partial charge in [-0.05, 0) is 17.7 Å². The summed E-state index contributed by atoms with van der Waals surface area (Å²) in [6, 6.07) is 4.23. The third-order valence-electron chi connectivity index (χ3n) is 2.32. The molecule has 4 N–H and O–H groups in total. The molecule has 5 nitrogen and oxygen atoms in total. The number of hydrogen-bond acceptors (Lipinski definition) is 5. The SMILES string of the molecule is NNc1ncc(F)c(NCc2ccc(F)c(Cl)c2)n1. The number of anilines is 2. The zero-order chi connectivity index (χ0) is 13.8. The summed E-state index contributed by atoms with van der Waals surface area (Å²) in [5.41, 5.74) is 2.90. The minimum absolute atomic E-state index is 0.00627. The average Bonchev–Trinajstić information content (AvgIpc) is 2.41. The van der Waals surface area contributed by atoms with Crippen LogP contribution >= 0.6 is 11.6 Å². The first-order valence-electron chi connectivity index (χ1n) is 5.27. The molecule has 8 heteroatoms. The van der Waals surface area contributed by atoms with Crippen molar-refractivity contribution in [1.29, 1.82) is 0 Å². The standard InChI is InChI=1S/C11H10ClF2N5/c12-7-3-6(1-2-8(7)13)4-16-10-9(14)5-17-11(18-10)19-15/h1-3,5H,4,15H2,(H2,16,17,18,19). The van der Waals surface area contributed by atoms with Gasteiger partial charge in [0.05, 0.1) is 11.2 Å². The Balaban J connectivity index is 2.11. The predicted molar refractivity (Wildman–Crippen MR) is 68.5 cm³/mol. The number of nitrogens with zero attached hydrogens (tertiary/aromatic N) is 2. The lowest BCUT2D eigenvalue weighted by Crippen LogP contribution is -2.13. The van der Waals surface area contributed by atoms with Crippen molar-refractivity contribution in [2.75, 3.05) is 10.7 Å². The summed E-state index contributed by atoms with van der Waals surface area (Å²) in [5, 5.41) is 2.75. The Hall–Kier alpha value is -1.99. The van der Waals surface area contributed by atoms with Crippen LogP contribution in [-0.2, 0) is 6.54 Å². The minimum atomic E-state index is -0.618. The summed E-state index contributed by atoms with van der Waals surface area (Å²) in [6.45, 7) is 0.234. The van der Waals surface area contributed by atoms with E-state index < -0.39 is 11.6 Å². The zero-order valence-electron chi connectivity index (χ0n) is 9.62. The van der Waals surface area contributed by atoms with Crippen molar-refractivity contribution in [3.8, 4) is 0 Å². The number of nitrogens with two attached hydrogens (primary N) is 1. The maximum Gasteiger partial charge on any atom is 0.239 e. The molecule has 19 heavy (non-hydrogen) atoms. The van der Waals surface area contributed by atoms with Gasteiger partial charge >= 0.3 is 0 Å². The molecule has 0 aliphatic rings. The number of hydrazine groups is 1. The van der Waals surface area contributed by atoms with E-state index in [-0.39, 0.29) is 23.3 Å². The molecule has 0 aliphatic heterocycles. The Morgan fingerprint density at radius 1 is 1.26 bits per heavy atom. The molecular weight excluding hydrogens is 276 g/mol. The first kappa shape index (κ1) is 13.4. The monoisotopic (exact) mass is 285 g/mol. The summed E-state index contributed by atoms with van der Waals surface area (Å²) >= 11 is 5.65. The normalized spacial score (nSPS) is 10.3. The molecule has 1 aromatic heterocycles. The van der Waals surface area contributed by atoms with Gasteiger partial charge in [-0.15, -0.1) is 0 Å². The number of aromatic nitrogens is 2. The van der Waals surface area contributed by atoms with Crippen LogP contribution < -0.4 is 16.6 Å². The first-order valence-corrected chi connectivity index (χ1v) is 5.65. The lowest BCUT2D eigenvalue weighted by Gasteiger charge is -2.08. The highest BCUT2D eigenvalue weighted by molar-refractivity contribution is 6.30. The molecule has 0 unspecified atom stereocenters. The van der Waals surface area contributed by atoms with E-state index in [2.05, 4.69) is 20.7 Å². The molecule has 0 fully saturated rings. The van der Waals surface area contributed by atoms with Crippen LogP contribution in [0.1, 0.15) is 5.56 Å². The number of halogens is 3. The molecule has 0 saturated heterocycles. The van der Waals surface area contributed by atoms with Gasteiger partial charge in [0.2, 0.25) is 5.95 Å². The summed E-state index contributed by atoms with van der Waals surface area (Å²) in [6.07, 6.45) is 0.988.